The van der Waals surface area contributed by atoms with Crippen LogP contribution < -0.4 is 9.64 Å². The number of carbonyl (C=O) groups is 1. The van der Waals surface area contributed by atoms with Crippen molar-refractivity contribution in [1.82, 2.24) is 0 Å². The van der Waals surface area contributed by atoms with E-state index >= 15 is 0 Å². The molecule has 1 fully saturated rings. The topological polar surface area (TPSA) is 49.8 Å². The molecule has 0 atom stereocenters. The minimum absolute atomic E-state index is 0.00600. The maximum atomic E-state index is 14.2. The lowest BCUT2D eigenvalue weighted by Gasteiger charge is -2.36. The Morgan fingerprint density at radius 2 is 1.71 bits per heavy atom. The number of benzene rings is 2. The quantitative estimate of drug-likeness (QED) is 0.556. The summed E-state index contributed by atoms with van der Waals surface area (Å²) in [5.41, 5.74) is 2.68. The molecule has 1 aliphatic rings. The average molecular weight is 428 g/mol. The Morgan fingerprint density at radius 3 is 2.29 bits per heavy atom. The van der Waals surface area contributed by atoms with E-state index in [1.807, 2.05) is 30.3 Å². The fraction of sp³-hybridized carbons (Fsp3) is 0.500. The first-order valence-electron chi connectivity index (χ1n) is 11.1. The van der Waals surface area contributed by atoms with E-state index in [4.69, 9.17) is 9.84 Å². The second-order valence-electron chi connectivity index (χ2n) is 9.75. The van der Waals surface area contributed by atoms with Gasteiger partial charge >= 0.3 is 5.97 Å². The molecule has 31 heavy (non-hydrogen) atoms. The highest BCUT2D eigenvalue weighted by Gasteiger charge is 2.30. The maximum Gasteiger partial charge on any atom is 0.305 e. The van der Waals surface area contributed by atoms with Gasteiger partial charge in [-0.1, -0.05) is 32.9 Å². The number of carboxylic acid groups (broad SMARTS) is 1. The molecule has 0 radical (unpaired) electrons. The Balaban J connectivity index is 1.64. The Morgan fingerprint density at radius 1 is 1.06 bits per heavy atom. The van der Waals surface area contributed by atoms with Crippen molar-refractivity contribution in [2.75, 3.05) is 18.5 Å². The van der Waals surface area contributed by atoms with Gasteiger partial charge in [-0.15, -0.1) is 0 Å². The van der Waals surface area contributed by atoms with Gasteiger partial charge in [0, 0.05) is 19.3 Å². The molecular weight excluding hydrogens is 393 g/mol. The van der Waals surface area contributed by atoms with Crippen LogP contribution in [0.2, 0.25) is 0 Å². The first kappa shape index (κ1) is 23.1. The van der Waals surface area contributed by atoms with Crippen molar-refractivity contribution in [3.8, 4) is 16.9 Å². The summed E-state index contributed by atoms with van der Waals surface area (Å²) < 4.78 is 20.4. The van der Waals surface area contributed by atoms with Crippen LogP contribution in [0.15, 0.2) is 42.5 Å². The zero-order valence-electron chi connectivity index (χ0n) is 19.0. The van der Waals surface area contributed by atoms with Gasteiger partial charge in [0.25, 0.3) is 0 Å². The standard InChI is InChI=1S/C26H34FNO3/c1-26(2,3)20-7-11-24(12-8-20)31-23-9-5-18(6-10-23)19-15-21(27)17-22(16-19)28(4)14-13-25(29)30/h5-6,9-10,15-17,20,24H,7-8,11-14H2,1-4H3,(H,29,30). The van der Waals surface area contributed by atoms with Crippen LogP contribution in [0, 0.1) is 17.2 Å². The number of halogens is 1. The fourth-order valence-corrected chi connectivity index (χ4v) is 4.32. The van der Waals surface area contributed by atoms with Crippen LogP contribution >= 0.6 is 0 Å². The van der Waals surface area contributed by atoms with Crippen LogP contribution in [0.1, 0.15) is 52.9 Å². The molecule has 4 nitrogen and oxygen atoms in total. The van der Waals surface area contributed by atoms with Gasteiger partial charge in [-0.2, -0.15) is 0 Å². The monoisotopic (exact) mass is 427 g/mol. The first-order valence-corrected chi connectivity index (χ1v) is 11.1. The molecule has 2 aromatic rings. The van der Waals surface area contributed by atoms with Crippen LogP contribution in [0.3, 0.4) is 0 Å². The number of carboxylic acids is 1. The van der Waals surface area contributed by atoms with Gasteiger partial charge in [0.2, 0.25) is 0 Å². The first-order chi connectivity index (χ1) is 14.6. The molecule has 0 aliphatic heterocycles. The average Bonchev–Trinajstić information content (AvgIpc) is 2.72. The van der Waals surface area contributed by atoms with Crippen molar-refractivity contribution in [3.05, 3.63) is 48.3 Å². The van der Waals surface area contributed by atoms with E-state index in [1.54, 1.807) is 11.9 Å². The Bertz CT molecular complexity index is 881. The van der Waals surface area contributed by atoms with Crippen LogP contribution in [0.25, 0.3) is 11.1 Å². The van der Waals surface area contributed by atoms with Crippen molar-refractivity contribution in [2.45, 2.75) is 59.0 Å². The van der Waals surface area contributed by atoms with Gasteiger partial charge in [0.15, 0.2) is 0 Å². The van der Waals surface area contributed by atoms with E-state index < -0.39 is 5.97 Å². The lowest BCUT2D eigenvalue weighted by Crippen LogP contribution is -2.30. The lowest BCUT2D eigenvalue weighted by atomic mass is 9.72. The van der Waals surface area contributed by atoms with E-state index in [2.05, 4.69) is 20.8 Å². The third-order valence-corrected chi connectivity index (χ3v) is 6.37. The van der Waals surface area contributed by atoms with Crippen LogP contribution in [0.4, 0.5) is 10.1 Å². The summed E-state index contributed by atoms with van der Waals surface area (Å²) in [6, 6.07) is 12.6. The van der Waals surface area contributed by atoms with Crippen LogP contribution in [0.5, 0.6) is 5.75 Å². The van der Waals surface area contributed by atoms with Crippen molar-refractivity contribution in [3.63, 3.8) is 0 Å². The summed E-state index contributed by atoms with van der Waals surface area (Å²) in [4.78, 5) is 12.6. The van der Waals surface area contributed by atoms with Crippen molar-refractivity contribution < 1.29 is 19.0 Å². The third-order valence-electron chi connectivity index (χ3n) is 6.37. The van der Waals surface area contributed by atoms with E-state index in [-0.39, 0.29) is 18.3 Å². The van der Waals surface area contributed by atoms with Gasteiger partial charge in [-0.05, 0) is 78.5 Å². The lowest BCUT2D eigenvalue weighted by molar-refractivity contribution is -0.136. The van der Waals surface area contributed by atoms with E-state index in [9.17, 15) is 9.18 Å². The van der Waals surface area contributed by atoms with Gasteiger partial charge < -0.3 is 14.7 Å². The minimum atomic E-state index is -0.869. The number of hydrogen-bond donors (Lipinski definition) is 1. The number of ether oxygens (including phenoxy) is 1. The summed E-state index contributed by atoms with van der Waals surface area (Å²) >= 11 is 0. The molecule has 2 aromatic carbocycles. The number of hydrogen-bond acceptors (Lipinski definition) is 3. The molecular formula is C26H34FNO3. The molecule has 0 unspecified atom stereocenters. The summed E-state index contributed by atoms with van der Waals surface area (Å²) in [5.74, 6) is 0.389. The molecule has 168 valence electrons. The molecule has 1 aliphatic carbocycles. The van der Waals surface area contributed by atoms with Gasteiger partial charge in [-0.25, -0.2) is 4.39 Å². The van der Waals surface area contributed by atoms with Crippen molar-refractivity contribution in [1.29, 1.82) is 0 Å². The van der Waals surface area contributed by atoms with E-state index in [1.165, 1.54) is 25.0 Å². The Labute approximate surface area is 185 Å². The molecule has 1 saturated carbocycles. The molecule has 0 aromatic heterocycles. The van der Waals surface area contributed by atoms with Crippen LogP contribution in [-0.2, 0) is 4.79 Å². The summed E-state index contributed by atoms with van der Waals surface area (Å²) in [7, 11) is 1.77. The van der Waals surface area contributed by atoms with Crippen LogP contribution in [-0.4, -0.2) is 30.8 Å². The second-order valence-corrected chi connectivity index (χ2v) is 9.75. The molecule has 0 saturated heterocycles. The number of aliphatic carboxylic acids is 1. The fourth-order valence-electron chi connectivity index (χ4n) is 4.32. The molecule has 5 heteroatoms. The smallest absolute Gasteiger partial charge is 0.305 e. The molecule has 3 rings (SSSR count). The number of rotatable bonds is 7. The zero-order chi connectivity index (χ0) is 22.6. The second kappa shape index (κ2) is 9.71. The molecule has 0 heterocycles. The van der Waals surface area contributed by atoms with Crippen molar-refractivity contribution in [2.24, 2.45) is 11.3 Å². The van der Waals surface area contributed by atoms with Crippen molar-refractivity contribution >= 4 is 11.7 Å². The SMILES string of the molecule is CN(CCC(=O)O)c1cc(F)cc(-c2ccc(OC3CCC(C(C)(C)C)CC3)cc2)c1. The predicted molar refractivity (Wildman–Crippen MR) is 123 cm³/mol. The Kier molecular flexibility index (Phi) is 7.24. The predicted octanol–water partition coefficient (Wildman–Crippen LogP) is 6.39. The summed E-state index contributed by atoms with van der Waals surface area (Å²) in [6.07, 6.45) is 4.83. The largest absolute Gasteiger partial charge is 0.490 e. The van der Waals surface area contributed by atoms with E-state index in [0.717, 1.165) is 35.6 Å². The maximum absolute atomic E-state index is 14.2. The van der Waals surface area contributed by atoms with E-state index in [0.29, 0.717) is 17.6 Å². The number of nitrogens with zero attached hydrogens (tertiary/aromatic N) is 1. The van der Waals surface area contributed by atoms with Gasteiger partial charge in [0.05, 0.1) is 12.5 Å². The molecule has 0 bridgehead atoms. The summed E-state index contributed by atoms with van der Waals surface area (Å²) in [5, 5.41) is 8.88. The number of anilines is 1. The third kappa shape index (κ3) is 6.46. The molecule has 0 spiro atoms. The minimum Gasteiger partial charge on any atom is -0.490 e. The normalized spacial score (nSPS) is 19.1. The highest BCUT2D eigenvalue weighted by molar-refractivity contribution is 5.70. The highest BCUT2D eigenvalue weighted by atomic mass is 19.1. The van der Waals surface area contributed by atoms with Gasteiger partial charge in [0.1, 0.15) is 11.6 Å². The molecule has 0 amide bonds. The summed E-state index contributed by atoms with van der Waals surface area (Å²) in [6.45, 7) is 7.28. The highest BCUT2D eigenvalue weighted by Crippen LogP contribution is 2.39. The zero-order valence-corrected chi connectivity index (χ0v) is 19.0. The van der Waals surface area contributed by atoms with Gasteiger partial charge in [-0.3, -0.25) is 4.79 Å². The Hall–Kier alpha value is -2.56. The molecule has 1 N–H and O–H groups in total.